The van der Waals surface area contributed by atoms with E-state index >= 15 is 0 Å². The van der Waals surface area contributed by atoms with Crippen molar-refractivity contribution in [2.24, 2.45) is 0 Å². The van der Waals surface area contributed by atoms with Gasteiger partial charge < -0.3 is 0 Å². The van der Waals surface area contributed by atoms with Gasteiger partial charge in [0.15, 0.2) is 0 Å². The number of aromatic nitrogens is 2. The minimum absolute atomic E-state index is 0.0207. The third-order valence-corrected chi connectivity index (χ3v) is 5.21. The summed E-state index contributed by atoms with van der Waals surface area (Å²) in [7, 11) is -3.84. The number of likely N-dealkylation sites (tertiary alicyclic amines) is 1. The van der Waals surface area contributed by atoms with Gasteiger partial charge >= 0.3 is 6.18 Å². The van der Waals surface area contributed by atoms with Crippen LogP contribution in [0.2, 0.25) is 0 Å². The number of alkyl halides is 3. The fourth-order valence-corrected chi connectivity index (χ4v) is 4.11. The summed E-state index contributed by atoms with van der Waals surface area (Å²) in [6.45, 7) is -0.776. The van der Waals surface area contributed by atoms with Crippen molar-refractivity contribution in [1.29, 1.82) is 0 Å². The number of pyridine rings is 1. The predicted molar refractivity (Wildman–Crippen MR) is 76.4 cm³/mol. The maximum Gasteiger partial charge on any atom is 0.401 e. The van der Waals surface area contributed by atoms with E-state index in [1.165, 1.54) is 15.6 Å². The molecule has 3 heterocycles. The molecule has 0 saturated carbocycles. The van der Waals surface area contributed by atoms with Gasteiger partial charge in [0.1, 0.15) is 4.90 Å². The molecule has 126 valence electrons. The second kappa shape index (κ2) is 5.77. The first kappa shape index (κ1) is 16.2. The van der Waals surface area contributed by atoms with Crippen LogP contribution < -0.4 is 4.72 Å². The molecule has 0 aliphatic carbocycles. The molecule has 23 heavy (non-hydrogen) atoms. The lowest BCUT2D eigenvalue weighted by molar-refractivity contribution is -0.143. The van der Waals surface area contributed by atoms with Gasteiger partial charge in [-0.05, 0) is 18.6 Å². The molecule has 1 N–H and O–H groups in total. The highest BCUT2D eigenvalue weighted by molar-refractivity contribution is 7.89. The molecule has 0 spiro atoms. The van der Waals surface area contributed by atoms with Crippen molar-refractivity contribution in [2.45, 2.75) is 23.5 Å². The topological polar surface area (TPSA) is 66.7 Å². The van der Waals surface area contributed by atoms with Crippen LogP contribution in [0.5, 0.6) is 0 Å². The Bertz CT molecular complexity index is 803. The average molecular weight is 348 g/mol. The van der Waals surface area contributed by atoms with Crippen molar-refractivity contribution in [1.82, 2.24) is 19.2 Å². The molecule has 6 nitrogen and oxygen atoms in total. The van der Waals surface area contributed by atoms with Gasteiger partial charge in [-0.3, -0.25) is 4.90 Å². The zero-order valence-electron chi connectivity index (χ0n) is 12.0. The summed E-state index contributed by atoms with van der Waals surface area (Å²) < 4.78 is 65.9. The number of hydrogen-bond acceptors (Lipinski definition) is 4. The Morgan fingerprint density at radius 3 is 2.87 bits per heavy atom. The van der Waals surface area contributed by atoms with Crippen LogP contribution in [0.4, 0.5) is 13.2 Å². The SMILES string of the molecule is O=S(=O)(NC1CCN(CC(F)(F)F)C1)c1cnn2ccccc12. The van der Waals surface area contributed by atoms with Gasteiger partial charge in [-0.2, -0.15) is 18.3 Å². The van der Waals surface area contributed by atoms with E-state index in [0.717, 1.165) is 0 Å². The van der Waals surface area contributed by atoms with E-state index in [-0.39, 0.29) is 18.0 Å². The van der Waals surface area contributed by atoms with E-state index in [1.54, 1.807) is 24.4 Å². The van der Waals surface area contributed by atoms with Crippen LogP contribution in [-0.4, -0.2) is 54.8 Å². The van der Waals surface area contributed by atoms with E-state index in [4.69, 9.17) is 0 Å². The van der Waals surface area contributed by atoms with Crippen molar-refractivity contribution in [3.8, 4) is 0 Å². The van der Waals surface area contributed by atoms with E-state index < -0.39 is 28.8 Å². The molecule has 1 aliphatic heterocycles. The number of nitrogens with zero attached hydrogens (tertiary/aromatic N) is 3. The van der Waals surface area contributed by atoms with Crippen molar-refractivity contribution in [2.75, 3.05) is 19.6 Å². The summed E-state index contributed by atoms with van der Waals surface area (Å²) in [6.07, 6.45) is -1.08. The first-order valence-electron chi connectivity index (χ1n) is 6.98. The maximum absolute atomic E-state index is 12.4. The molecule has 3 rings (SSSR count). The Morgan fingerprint density at radius 2 is 2.13 bits per heavy atom. The molecule has 2 aromatic rings. The second-order valence-electron chi connectivity index (χ2n) is 5.50. The number of rotatable bonds is 4. The van der Waals surface area contributed by atoms with Crippen LogP contribution in [0.15, 0.2) is 35.5 Å². The summed E-state index contributed by atoms with van der Waals surface area (Å²) in [5.74, 6) is 0. The molecule has 1 saturated heterocycles. The van der Waals surface area contributed by atoms with E-state index in [9.17, 15) is 21.6 Å². The summed E-state index contributed by atoms with van der Waals surface area (Å²) in [4.78, 5) is 1.22. The van der Waals surface area contributed by atoms with Crippen molar-refractivity contribution in [3.05, 3.63) is 30.6 Å². The van der Waals surface area contributed by atoms with Gasteiger partial charge in [0, 0.05) is 25.3 Å². The minimum Gasteiger partial charge on any atom is -0.293 e. The van der Waals surface area contributed by atoms with Crippen LogP contribution in [0.3, 0.4) is 0 Å². The Balaban J connectivity index is 1.73. The van der Waals surface area contributed by atoms with Gasteiger partial charge in [0.2, 0.25) is 10.0 Å². The summed E-state index contributed by atoms with van der Waals surface area (Å²) in [5, 5.41) is 3.96. The van der Waals surface area contributed by atoms with Crippen molar-refractivity contribution in [3.63, 3.8) is 0 Å². The highest BCUT2D eigenvalue weighted by atomic mass is 32.2. The molecule has 0 radical (unpaired) electrons. The predicted octanol–water partition coefficient (Wildman–Crippen LogP) is 1.25. The zero-order chi connectivity index (χ0) is 16.7. The van der Waals surface area contributed by atoms with Gasteiger partial charge in [-0.1, -0.05) is 6.07 Å². The molecule has 0 aromatic carbocycles. The van der Waals surface area contributed by atoms with Crippen LogP contribution in [-0.2, 0) is 10.0 Å². The monoisotopic (exact) mass is 348 g/mol. The molecule has 0 amide bonds. The Kier molecular flexibility index (Phi) is 4.07. The molecule has 1 aliphatic rings. The second-order valence-corrected chi connectivity index (χ2v) is 7.18. The minimum atomic E-state index is -4.28. The molecule has 0 bridgehead atoms. The van der Waals surface area contributed by atoms with Crippen LogP contribution in [0, 0.1) is 0 Å². The first-order valence-corrected chi connectivity index (χ1v) is 8.47. The zero-order valence-corrected chi connectivity index (χ0v) is 12.8. The maximum atomic E-state index is 12.4. The smallest absolute Gasteiger partial charge is 0.293 e. The average Bonchev–Trinajstić information content (AvgIpc) is 3.03. The van der Waals surface area contributed by atoms with Crippen LogP contribution >= 0.6 is 0 Å². The van der Waals surface area contributed by atoms with Gasteiger partial charge in [-0.15, -0.1) is 0 Å². The lowest BCUT2D eigenvalue weighted by atomic mass is 10.3. The van der Waals surface area contributed by atoms with Crippen molar-refractivity contribution >= 4 is 15.5 Å². The lowest BCUT2D eigenvalue weighted by Gasteiger charge is -2.18. The highest BCUT2D eigenvalue weighted by Crippen LogP contribution is 2.22. The number of hydrogen-bond donors (Lipinski definition) is 1. The highest BCUT2D eigenvalue weighted by Gasteiger charge is 2.35. The quantitative estimate of drug-likeness (QED) is 0.903. The molecule has 1 atom stereocenters. The first-order chi connectivity index (χ1) is 10.7. The summed E-state index contributed by atoms with van der Waals surface area (Å²) in [6, 6.07) is 4.49. The van der Waals surface area contributed by atoms with Gasteiger partial charge in [-0.25, -0.2) is 17.7 Å². The summed E-state index contributed by atoms with van der Waals surface area (Å²) in [5.41, 5.74) is 0.421. The molecule has 1 fully saturated rings. The number of halogens is 3. The standard InChI is InChI=1S/C13H15F3N4O2S/c14-13(15,16)9-19-6-4-10(8-19)18-23(21,22)12-7-17-20-5-2-1-3-11(12)20/h1-3,5,7,10,18H,4,6,8-9H2. The fraction of sp³-hybridized carbons (Fsp3) is 0.462. The third-order valence-electron chi connectivity index (χ3n) is 3.68. The molecule has 2 aromatic heterocycles. The number of sulfonamides is 1. The van der Waals surface area contributed by atoms with Crippen LogP contribution in [0.1, 0.15) is 6.42 Å². The van der Waals surface area contributed by atoms with Gasteiger partial charge in [0.05, 0.1) is 18.3 Å². The Labute approximate surface area is 130 Å². The van der Waals surface area contributed by atoms with E-state index in [0.29, 0.717) is 11.9 Å². The van der Waals surface area contributed by atoms with E-state index in [1.807, 2.05) is 0 Å². The molecule has 1 unspecified atom stereocenters. The molecule has 10 heteroatoms. The number of fused-ring (bicyclic) bond motifs is 1. The van der Waals surface area contributed by atoms with Crippen LogP contribution in [0.25, 0.3) is 5.52 Å². The Morgan fingerprint density at radius 1 is 1.35 bits per heavy atom. The summed E-state index contributed by atoms with van der Waals surface area (Å²) >= 11 is 0. The molecular formula is C13H15F3N4O2S. The fourth-order valence-electron chi connectivity index (χ4n) is 2.73. The normalized spacial score (nSPS) is 20.4. The third kappa shape index (κ3) is 3.65. The Hall–Kier alpha value is -1.65. The van der Waals surface area contributed by atoms with E-state index in [2.05, 4.69) is 9.82 Å². The van der Waals surface area contributed by atoms with Gasteiger partial charge in [0.25, 0.3) is 0 Å². The van der Waals surface area contributed by atoms with Crippen molar-refractivity contribution < 1.29 is 21.6 Å². The molecular weight excluding hydrogens is 333 g/mol. The largest absolute Gasteiger partial charge is 0.401 e. The lowest BCUT2D eigenvalue weighted by Crippen LogP contribution is -2.39. The number of nitrogens with one attached hydrogen (secondary N) is 1.